The molecule has 1 aliphatic heterocycles. The van der Waals surface area contributed by atoms with Crippen LogP contribution in [0.5, 0.6) is 0 Å². The predicted molar refractivity (Wildman–Crippen MR) is 123 cm³/mol. The quantitative estimate of drug-likeness (QED) is 0.519. The number of hydrogen-bond acceptors (Lipinski definition) is 4. The number of alkyl halides is 2. The monoisotopic (exact) mass is 469 g/mol. The highest BCUT2D eigenvalue weighted by atomic mass is 32.1. The van der Waals surface area contributed by atoms with E-state index >= 15 is 0 Å². The summed E-state index contributed by atoms with van der Waals surface area (Å²) in [6, 6.07) is 12.3. The van der Waals surface area contributed by atoms with Crippen molar-refractivity contribution in [3.8, 4) is 0 Å². The molecular formula is C25H25F2N3O2S. The van der Waals surface area contributed by atoms with Crippen molar-refractivity contribution in [1.29, 1.82) is 0 Å². The topological polar surface area (TPSA) is 62.3 Å². The minimum absolute atomic E-state index is 0.0723. The summed E-state index contributed by atoms with van der Waals surface area (Å²) >= 11 is 1.30. The van der Waals surface area contributed by atoms with Gasteiger partial charge in [0.2, 0.25) is 5.91 Å². The van der Waals surface area contributed by atoms with Crippen LogP contribution in [0.4, 0.5) is 8.78 Å². The lowest BCUT2D eigenvalue weighted by Crippen LogP contribution is -2.51. The fraction of sp³-hybridized carbons (Fsp3) is 0.320. The minimum Gasteiger partial charge on any atom is -0.339 e. The van der Waals surface area contributed by atoms with Crippen molar-refractivity contribution in [2.24, 2.45) is 0 Å². The number of aromatic nitrogens is 1. The molecule has 3 heterocycles. The van der Waals surface area contributed by atoms with Crippen LogP contribution >= 0.6 is 11.3 Å². The number of carbonyl (C=O) groups is 2. The summed E-state index contributed by atoms with van der Waals surface area (Å²) in [4.78, 5) is 33.1. The number of nitrogens with one attached hydrogen (secondary N) is 1. The number of thiophene rings is 1. The fourth-order valence-corrected chi connectivity index (χ4v) is 4.81. The molecule has 8 heteroatoms. The summed E-state index contributed by atoms with van der Waals surface area (Å²) in [5, 5.41) is 4.69. The molecule has 0 spiro atoms. The third-order valence-electron chi connectivity index (χ3n) is 5.87. The molecule has 1 aromatic carbocycles. The van der Waals surface area contributed by atoms with Gasteiger partial charge in [0.25, 0.3) is 12.3 Å². The molecule has 2 aromatic heterocycles. The number of carbonyl (C=O) groups excluding carboxylic acids is 2. The zero-order chi connectivity index (χ0) is 23.2. The number of benzene rings is 1. The van der Waals surface area contributed by atoms with Gasteiger partial charge in [-0.05, 0) is 47.9 Å². The number of hydrogen-bond donors (Lipinski definition) is 1. The molecule has 0 unspecified atom stereocenters. The number of amides is 2. The smallest absolute Gasteiger partial charge is 0.263 e. The van der Waals surface area contributed by atoms with Gasteiger partial charge in [-0.25, -0.2) is 8.78 Å². The van der Waals surface area contributed by atoms with Crippen molar-refractivity contribution >= 4 is 23.2 Å². The fourth-order valence-electron chi connectivity index (χ4n) is 4.19. The van der Waals surface area contributed by atoms with Crippen molar-refractivity contribution in [2.75, 3.05) is 6.54 Å². The second kappa shape index (κ2) is 10.7. The summed E-state index contributed by atoms with van der Waals surface area (Å²) in [5.74, 6) is -0.492. The Morgan fingerprint density at radius 1 is 1.12 bits per heavy atom. The Balaban J connectivity index is 1.59. The molecule has 0 saturated carbocycles. The minimum atomic E-state index is -2.55. The van der Waals surface area contributed by atoms with E-state index in [4.69, 9.17) is 0 Å². The Kier molecular flexibility index (Phi) is 7.44. The van der Waals surface area contributed by atoms with Crippen LogP contribution in [0.2, 0.25) is 0 Å². The lowest BCUT2D eigenvalue weighted by Gasteiger charge is -2.38. The molecule has 0 radical (unpaired) electrons. The van der Waals surface area contributed by atoms with Crippen LogP contribution in [-0.2, 0) is 11.2 Å². The molecule has 1 fully saturated rings. The number of halogens is 2. The van der Waals surface area contributed by atoms with E-state index < -0.39 is 12.5 Å². The van der Waals surface area contributed by atoms with Crippen molar-refractivity contribution < 1.29 is 18.4 Å². The van der Waals surface area contributed by atoms with Gasteiger partial charge in [-0.2, -0.15) is 0 Å². The maximum atomic E-state index is 13.7. The van der Waals surface area contributed by atoms with Crippen molar-refractivity contribution in [2.45, 2.75) is 44.2 Å². The summed E-state index contributed by atoms with van der Waals surface area (Å²) in [7, 11) is 0. The first-order chi connectivity index (χ1) is 16.0. The zero-order valence-electron chi connectivity index (χ0n) is 18.0. The van der Waals surface area contributed by atoms with Crippen LogP contribution in [0.3, 0.4) is 0 Å². The van der Waals surface area contributed by atoms with Gasteiger partial charge in [-0.1, -0.05) is 36.4 Å². The van der Waals surface area contributed by atoms with Gasteiger partial charge < -0.3 is 10.2 Å². The van der Waals surface area contributed by atoms with Crippen LogP contribution in [0.25, 0.3) is 0 Å². The Bertz CT molecular complexity index is 1060. The normalized spacial score (nSPS) is 17.1. The Labute approximate surface area is 195 Å². The highest BCUT2D eigenvalue weighted by Gasteiger charge is 2.33. The second-order valence-electron chi connectivity index (χ2n) is 8.08. The van der Waals surface area contributed by atoms with Gasteiger partial charge >= 0.3 is 0 Å². The molecule has 0 bridgehead atoms. The second-order valence-corrected chi connectivity index (χ2v) is 9.03. The van der Waals surface area contributed by atoms with Crippen LogP contribution in [-0.4, -0.2) is 34.3 Å². The molecular weight excluding hydrogens is 444 g/mol. The standard InChI is InChI=1S/C25H25F2N3O2S/c26-23(27)18-10-8-17(9-11-18)15-20(29-24(31)22-7-4-14-33-22)25(32)30-13-2-1-6-21(30)19-5-3-12-28-16-19/h3-5,7-12,14,16,20-21,23H,1-2,6,13,15H2,(H,29,31)/t20-,21+/m0/s1. The molecule has 2 atom stereocenters. The van der Waals surface area contributed by atoms with Gasteiger partial charge in [0.05, 0.1) is 10.9 Å². The average molecular weight is 470 g/mol. The summed E-state index contributed by atoms with van der Waals surface area (Å²) < 4.78 is 25.9. The van der Waals surface area contributed by atoms with E-state index in [9.17, 15) is 18.4 Å². The van der Waals surface area contributed by atoms with Crippen molar-refractivity contribution in [1.82, 2.24) is 15.2 Å². The molecule has 5 nitrogen and oxygen atoms in total. The maximum absolute atomic E-state index is 13.7. The summed E-state index contributed by atoms with van der Waals surface area (Å²) in [5.41, 5.74) is 1.60. The molecule has 4 rings (SSSR count). The van der Waals surface area contributed by atoms with Crippen molar-refractivity contribution in [3.63, 3.8) is 0 Å². The van der Waals surface area contributed by atoms with Gasteiger partial charge in [0.15, 0.2) is 0 Å². The van der Waals surface area contributed by atoms with Crippen LogP contribution in [0.15, 0.2) is 66.3 Å². The van der Waals surface area contributed by atoms with E-state index in [1.54, 1.807) is 42.0 Å². The summed E-state index contributed by atoms with van der Waals surface area (Å²) in [6.45, 7) is 0.591. The number of piperidine rings is 1. The van der Waals surface area contributed by atoms with E-state index in [0.29, 0.717) is 17.0 Å². The van der Waals surface area contributed by atoms with Gasteiger partial charge in [-0.15, -0.1) is 11.3 Å². The number of pyridine rings is 1. The molecule has 1 saturated heterocycles. The van der Waals surface area contributed by atoms with E-state index in [1.807, 2.05) is 17.0 Å². The number of rotatable bonds is 7. The highest BCUT2D eigenvalue weighted by Crippen LogP contribution is 2.31. The average Bonchev–Trinajstić information content (AvgIpc) is 3.39. The van der Waals surface area contributed by atoms with Crippen LogP contribution in [0.1, 0.15) is 58.1 Å². The van der Waals surface area contributed by atoms with E-state index in [2.05, 4.69) is 10.3 Å². The Hall–Kier alpha value is -3.13. The third-order valence-corrected chi connectivity index (χ3v) is 6.74. The van der Waals surface area contributed by atoms with Crippen LogP contribution < -0.4 is 5.32 Å². The van der Waals surface area contributed by atoms with E-state index in [0.717, 1.165) is 24.8 Å². The molecule has 1 aliphatic rings. The van der Waals surface area contributed by atoms with Crippen LogP contribution in [0, 0.1) is 0 Å². The molecule has 3 aromatic rings. The van der Waals surface area contributed by atoms with Crippen molar-refractivity contribution in [3.05, 3.63) is 87.9 Å². The SMILES string of the molecule is O=C(N[C@@H](Cc1ccc(C(F)F)cc1)C(=O)N1CCCC[C@@H]1c1cccnc1)c1cccs1. The van der Waals surface area contributed by atoms with Gasteiger partial charge in [0.1, 0.15) is 6.04 Å². The molecule has 172 valence electrons. The largest absolute Gasteiger partial charge is 0.339 e. The first kappa shape index (κ1) is 23.0. The Morgan fingerprint density at radius 2 is 1.94 bits per heavy atom. The lowest BCUT2D eigenvalue weighted by molar-refractivity contribution is -0.137. The Morgan fingerprint density at radius 3 is 2.61 bits per heavy atom. The summed E-state index contributed by atoms with van der Waals surface area (Å²) in [6.07, 6.45) is 3.86. The van der Waals surface area contributed by atoms with E-state index in [1.165, 1.54) is 23.5 Å². The van der Waals surface area contributed by atoms with Gasteiger partial charge in [-0.3, -0.25) is 14.6 Å². The zero-order valence-corrected chi connectivity index (χ0v) is 18.8. The predicted octanol–water partition coefficient (Wildman–Crippen LogP) is 5.18. The molecule has 2 amide bonds. The number of nitrogens with zero attached hydrogens (tertiary/aromatic N) is 2. The molecule has 33 heavy (non-hydrogen) atoms. The number of likely N-dealkylation sites (tertiary alicyclic amines) is 1. The first-order valence-electron chi connectivity index (χ1n) is 10.9. The van der Waals surface area contributed by atoms with E-state index in [-0.39, 0.29) is 29.8 Å². The third kappa shape index (κ3) is 5.63. The van der Waals surface area contributed by atoms with Gasteiger partial charge in [0, 0.05) is 30.9 Å². The first-order valence-corrected chi connectivity index (χ1v) is 11.8. The maximum Gasteiger partial charge on any atom is 0.263 e. The highest BCUT2D eigenvalue weighted by molar-refractivity contribution is 7.12. The lowest BCUT2D eigenvalue weighted by atomic mass is 9.94. The molecule has 0 aliphatic carbocycles. The molecule has 1 N–H and O–H groups in total.